The number of hydrogen-bond acceptors (Lipinski definition) is 6. The van der Waals surface area contributed by atoms with Crippen LogP contribution in [0.4, 0.5) is 0 Å². The number of hydrogen-bond donors (Lipinski definition) is 0. The Morgan fingerprint density at radius 3 is 2.87 bits per heavy atom. The largest absolute Gasteiger partial charge is 0.488 e. The van der Waals surface area contributed by atoms with Crippen molar-refractivity contribution in [3.8, 4) is 5.75 Å². The number of fused-ring (bicyclic) bond motifs is 3. The van der Waals surface area contributed by atoms with Gasteiger partial charge in [0.15, 0.2) is 0 Å². The van der Waals surface area contributed by atoms with Gasteiger partial charge in [0.25, 0.3) is 0 Å². The SMILES string of the molecule is Cc1cc2oc(=O)c3c(c2cc1OCc1nnn[n-]1)CCCC3. The van der Waals surface area contributed by atoms with Crippen LogP contribution in [0, 0.1) is 6.92 Å². The molecule has 0 unspecified atom stereocenters. The lowest BCUT2D eigenvalue weighted by Gasteiger charge is -2.17. The molecule has 0 aliphatic heterocycles. The van der Waals surface area contributed by atoms with Crippen molar-refractivity contribution in [1.29, 1.82) is 0 Å². The van der Waals surface area contributed by atoms with Crippen molar-refractivity contribution in [1.82, 2.24) is 20.6 Å². The molecule has 4 rings (SSSR count). The number of ether oxygens (including phenoxy) is 1. The fourth-order valence-corrected chi connectivity index (χ4v) is 3.09. The zero-order chi connectivity index (χ0) is 15.8. The fraction of sp³-hybridized carbons (Fsp3) is 0.375. The first-order chi connectivity index (χ1) is 11.2. The molecule has 1 aliphatic rings. The van der Waals surface area contributed by atoms with Gasteiger partial charge >= 0.3 is 5.63 Å². The van der Waals surface area contributed by atoms with Gasteiger partial charge in [0.05, 0.1) is 0 Å². The maximum absolute atomic E-state index is 12.1. The Balaban J connectivity index is 1.78. The number of rotatable bonds is 3. The maximum Gasteiger partial charge on any atom is 0.339 e. The summed E-state index contributed by atoms with van der Waals surface area (Å²) in [6, 6.07) is 3.80. The third-order valence-corrected chi connectivity index (χ3v) is 4.24. The Morgan fingerprint density at radius 1 is 1.26 bits per heavy atom. The summed E-state index contributed by atoms with van der Waals surface area (Å²) in [5, 5.41) is 15.3. The van der Waals surface area contributed by atoms with E-state index >= 15 is 0 Å². The minimum absolute atomic E-state index is 0.206. The van der Waals surface area contributed by atoms with E-state index in [9.17, 15) is 4.79 Å². The van der Waals surface area contributed by atoms with Gasteiger partial charge < -0.3 is 14.3 Å². The second-order valence-electron chi connectivity index (χ2n) is 5.75. The van der Waals surface area contributed by atoms with E-state index in [0.717, 1.165) is 53.5 Å². The highest BCUT2D eigenvalue weighted by atomic mass is 16.5. The Labute approximate surface area is 131 Å². The van der Waals surface area contributed by atoms with Gasteiger partial charge in [-0.15, -0.1) is 0 Å². The Morgan fingerprint density at radius 2 is 2.09 bits per heavy atom. The number of aromatic nitrogens is 4. The molecule has 0 atom stereocenters. The van der Waals surface area contributed by atoms with E-state index in [1.165, 1.54) is 0 Å². The van der Waals surface area contributed by atoms with Gasteiger partial charge in [0, 0.05) is 16.8 Å². The first kappa shape index (κ1) is 13.9. The highest BCUT2D eigenvalue weighted by Gasteiger charge is 2.19. The van der Waals surface area contributed by atoms with Crippen molar-refractivity contribution in [2.45, 2.75) is 39.2 Å². The zero-order valence-electron chi connectivity index (χ0n) is 12.7. The third kappa shape index (κ3) is 2.48. The molecular weight excluding hydrogens is 296 g/mol. The van der Waals surface area contributed by atoms with Gasteiger partial charge in [0.2, 0.25) is 0 Å². The monoisotopic (exact) mass is 311 g/mol. The molecule has 2 heterocycles. The van der Waals surface area contributed by atoms with E-state index in [4.69, 9.17) is 9.15 Å². The van der Waals surface area contributed by atoms with Crippen LogP contribution in [0.1, 0.15) is 35.4 Å². The van der Waals surface area contributed by atoms with E-state index < -0.39 is 0 Å². The predicted octanol–water partition coefficient (Wildman–Crippen LogP) is 1.70. The Hall–Kier alpha value is -2.70. The molecule has 0 N–H and O–H groups in total. The molecule has 0 bridgehead atoms. The minimum Gasteiger partial charge on any atom is -0.488 e. The second kappa shape index (κ2) is 5.49. The van der Waals surface area contributed by atoms with Crippen LogP contribution in [0.5, 0.6) is 5.75 Å². The lowest BCUT2D eigenvalue weighted by atomic mass is 9.90. The van der Waals surface area contributed by atoms with E-state index in [-0.39, 0.29) is 12.2 Å². The standard InChI is InChI=1S/C16H15N4O3/c1-9-6-14-12(7-13(9)22-8-15-17-19-20-18-15)10-4-2-3-5-11(10)16(21)23-14/h6-7H,2-5,8H2,1H3/q-1. The van der Waals surface area contributed by atoms with Gasteiger partial charge in [-0.25, -0.2) is 4.79 Å². The molecule has 0 spiro atoms. The summed E-state index contributed by atoms with van der Waals surface area (Å²) in [5.74, 6) is 1.16. The molecule has 0 amide bonds. The van der Waals surface area contributed by atoms with Crippen LogP contribution in [0.15, 0.2) is 21.3 Å². The smallest absolute Gasteiger partial charge is 0.339 e. The van der Waals surface area contributed by atoms with Crippen molar-refractivity contribution in [2.75, 3.05) is 0 Å². The summed E-state index contributed by atoms with van der Waals surface area (Å²) in [7, 11) is 0. The first-order valence-electron chi connectivity index (χ1n) is 7.62. The van der Waals surface area contributed by atoms with Crippen LogP contribution in [0.25, 0.3) is 11.0 Å². The van der Waals surface area contributed by atoms with E-state index in [1.54, 1.807) is 0 Å². The molecule has 1 aromatic carbocycles. The summed E-state index contributed by atoms with van der Waals surface area (Å²) in [5.41, 5.74) is 3.21. The summed E-state index contributed by atoms with van der Waals surface area (Å²) in [4.78, 5) is 12.1. The van der Waals surface area contributed by atoms with Crippen molar-refractivity contribution in [3.05, 3.63) is 45.1 Å². The van der Waals surface area contributed by atoms with Gasteiger partial charge in [-0.2, -0.15) is 5.21 Å². The van der Waals surface area contributed by atoms with Gasteiger partial charge in [-0.1, -0.05) is 0 Å². The molecular formula is C16H15N4O3-. The third-order valence-electron chi connectivity index (χ3n) is 4.24. The van der Waals surface area contributed by atoms with Crippen molar-refractivity contribution >= 4 is 11.0 Å². The number of nitrogens with zero attached hydrogens (tertiary/aromatic N) is 4. The summed E-state index contributed by atoms with van der Waals surface area (Å²) in [6.45, 7) is 2.12. The van der Waals surface area contributed by atoms with Crippen LogP contribution in [0.2, 0.25) is 0 Å². The average molecular weight is 311 g/mol. The molecule has 0 fully saturated rings. The zero-order valence-corrected chi connectivity index (χ0v) is 12.7. The summed E-state index contributed by atoms with van der Waals surface area (Å²) >= 11 is 0. The van der Waals surface area contributed by atoms with Crippen LogP contribution in [0.3, 0.4) is 0 Å². The molecule has 7 nitrogen and oxygen atoms in total. The van der Waals surface area contributed by atoms with E-state index in [2.05, 4.69) is 20.6 Å². The van der Waals surface area contributed by atoms with Crippen LogP contribution in [-0.2, 0) is 19.4 Å². The van der Waals surface area contributed by atoms with Crippen LogP contribution < -0.4 is 15.5 Å². The minimum atomic E-state index is -0.206. The van der Waals surface area contributed by atoms with Gasteiger partial charge in [-0.05, 0) is 55.9 Å². The molecule has 0 saturated carbocycles. The average Bonchev–Trinajstić information content (AvgIpc) is 3.07. The first-order valence-corrected chi connectivity index (χ1v) is 7.62. The number of tetrazole rings is 1. The Bertz CT molecular complexity index is 915. The molecule has 3 aromatic rings. The van der Waals surface area contributed by atoms with Crippen LogP contribution in [-0.4, -0.2) is 15.5 Å². The lowest BCUT2D eigenvalue weighted by molar-refractivity contribution is 0.293. The van der Waals surface area contributed by atoms with Crippen molar-refractivity contribution in [3.63, 3.8) is 0 Å². The molecule has 0 saturated heterocycles. The van der Waals surface area contributed by atoms with Crippen LogP contribution >= 0.6 is 0 Å². The van der Waals surface area contributed by atoms with Crippen molar-refractivity contribution in [2.24, 2.45) is 0 Å². The maximum atomic E-state index is 12.1. The highest BCUT2D eigenvalue weighted by Crippen LogP contribution is 2.31. The fourth-order valence-electron chi connectivity index (χ4n) is 3.09. The molecule has 2 aromatic heterocycles. The Kier molecular flexibility index (Phi) is 3.33. The van der Waals surface area contributed by atoms with Gasteiger partial charge in [0.1, 0.15) is 17.9 Å². The normalized spacial score (nSPS) is 14.0. The lowest BCUT2D eigenvalue weighted by Crippen LogP contribution is -2.16. The number of aryl methyl sites for hydroxylation is 2. The molecule has 23 heavy (non-hydrogen) atoms. The van der Waals surface area contributed by atoms with Gasteiger partial charge in [-0.3, -0.25) is 10.3 Å². The quantitative estimate of drug-likeness (QED) is 0.680. The summed E-state index contributed by atoms with van der Waals surface area (Å²) in [6.07, 6.45) is 3.82. The summed E-state index contributed by atoms with van der Waals surface area (Å²) < 4.78 is 11.3. The molecule has 118 valence electrons. The molecule has 0 radical (unpaired) electrons. The van der Waals surface area contributed by atoms with E-state index in [0.29, 0.717) is 11.4 Å². The second-order valence-corrected chi connectivity index (χ2v) is 5.75. The molecule has 7 heteroatoms. The number of benzene rings is 1. The highest BCUT2D eigenvalue weighted by molar-refractivity contribution is 5.84. The molecule has 1 aliphatic carbocycles. The predicted molar refractivity (Wildman–Crippen MR) is 81.3 cm³/mol. The van der Waals surface area contributed by atoms with E-state index in [1.807, 2.05) is 19.1 Å². The van der Waals surface area contributed by atoms with Crippen molar-refractivity contribution < 1.29 is 9.15 Å². The topological polar surface area (TPSA) is 92.2 Å².